The van der Waals surface area contributed by atoms with Gasteiger partial charge in [-0.25, -0.2) is 0 Å². The van der Waals surface area contributed by atoms with E-state index in [9.17, 15) is 5.11 Å². The number of nitrogens with one attached hydrogen (secondary N) is 2. The van der Waals surface area contributed by atoms with Crippen LogP contribution >= 0.6 is 11.3 Å². The minimum atomic E-state index is 0.150. The van der Waals surface area contributed by atoms with Crippen LogP contribution in [0.25, 0.3) is 54.8 Å². The Balaban J connectivity index is 1.52. The first kappa shape index (κ1) is 17.0. The van der Waals surface area contributed by atoms with E-state index in [1.807, 2.05) is 12.1 Å². The smallest absolute Gasteiger partial charge is 0.134 e. The summed E-state index contributed by atoms with van der Waals surface area (Å²) in [5, 5.41) is 21.8. The lowest BCUT2D eigenvalue weighted by Crippen LogP contribution is -1.81. The van der Waals surface area contributed by atoms with Crippen LogP contribution in [0, 0.1) is 0 Å². The summed E-state index contributed by atoms with van der Waals surface area (Å²) in [5.41, 5.74) is 6.93. The molecule has 4 heterocycles. The van der Waals surface area contributed by atoms with Gasteiger partial charge in [-0.15, -0.1) is 11.3 Å². The molecule has 0 radical (unpaired) electrons. The van der Waals surface area contributed by atoms with Crippen LogP contribution in [0.4, 0.5) is 0 Å². The molecule has 0 saturated carbocycles. The predicted octanol–water partition coefficient (Wildman–Crippen LogP) is 6.21. The highest BCUT2D eigenvalue weighted by Crippen LogP contribution is 2.36. The summed E-state index contributed by atoms with van der Waals surface area (Å²) in [5.74, 6) is 0.150. The summed E-state index contributed by atoms with van der Waals surface area (Å²) >= 11 is 1.74. The second-order valence-corrected chi connectivity index (χ2v) is 8.14. The second kappa shape index (κ2) is 6.57. The molecule has 2 aromatic carbocycles. The molecular formula is C24H16N4OS. The quantitative estimate of drug-likeness (QED) is 0.326. The third-order valence-corrected chi connectivity index (χ3v) is 6.23. The molecule has 0 aliphatic carbocycles. The van der Waals surface area contributed by atoms with Gasteiger partial charge in [-0.3, -0.25) is 10.1 Å². The molecule has 6 rings (SSSR count). The molecule has 3 N–H and O–H groups in total. The number of pyridine rings is 1. The molecule has 0 atom stereocenters. The Morgan fingerprint density at radius 1 is 0.833 bits per heavy atom. The van der Waals surface area contributed by atoms with Crippen LogP contribution in [0.5, 0.6) is 5.75 Å². The molecule has 0 unspecified atom stereocenters. The fraction of sp³-hybridized carbons (Fsp3) is 0. The van der Waals surface area contributed by atoms with Crippen molar-refractivity contribution in [3.8, 4) is 38.7 Å². The van der Waals surface area contributed by atoms with Crippen molar-refractivity contribution in [3.63, 3.8) is 0 Å². The molecule has 0 amide bonds. The Morgan fingerprint density at radius 3 is 2.67 bits per heavy atom. The van der Waals surface area contributed by atoms with Crippen molar-refractivity contribution in [1.82, 2.24) is 20.2 Å². The Hall–Kier alpha value is -3.90. The molecule has 6 heteroatoms. The van der Waals surface area contributed by atoms with Gasteiger partial charge in [0.2, 0.25) is 0 Å². The molecule has 0 spiro atoms. The number of H-pyrrole nitrogens is 2. The first-order valence-electron chi connectivity index (χ1n) is 9.55. The summed E-state index contributed by atoms with van der Waals surface area (Å²) in [6, 6.07) is 20.5. The average Bonchev–Trinajstić information content (AvgIpc) is 3.51. The summed E-state index contributed by atoms with van der Waals surface area (Å²) in [6.45, 7) is 0. The lowest BCUT2D eigenvalue weighted by atomic mass is 10.0. The summed E-state index contributed by atoms with van der Waals surface area (Å²) in [4.78, 5) is 8.87. The first-order valence-corrected chi connectivity index (χ1v) is 10.4. The number of rotatable bonds is 3. The number of aromatic hydroxyl groups is 1. The van der Waals surface area contributed by atoms with Crippen molar-refractivity contribution >= 4 is 33.1 Å². The topological polar surface area (TPSA) is 77.6 Å². The molecule has 4 aromatic heterocycles. The molecule has 0 bridgehead atoms. The van der Waals surface area contributed by atoms with Gasteiger partial charge in [-0.1, -0.05) is 24.3 Å². The lowest BCUT2D eigenvalue weighted by Gasteiger charge is -2.02. The predicted molar refractivity (Wildman–Crippen MR) is 122 cm³/mol. The minimum absolute atomic E-state index is 0.150. The van der Waals surface area contributed by atoms with E-state index in [2.05, 4.69) is 68.0 Å². The van der Waals surface area contributed by atoms with E-state index >= 15 is 0 Å². The molecular weight excluding hydrogens is 392 g/mol. The number of aromatic amines is 2. The van der Waals surface area contributed by atoms with Gasteiger partial charge in [0.1, 0.15) is 11.4 Å². The van der Waals surface area contributed by atoms with Crippen molar-refractivity contribution in [3.05, 3.63) is 78.4 Å². The summed E-state index contributed by atoms with van der Waals surface area (Å²) in [7, 11) is 0. The van der Waals surface area contributed by atoms with E-state index in [-0.39, 0.29) is 5.75 Å². The standard InChI is InChI=1S/C24H16N4OS/c29-16-9-15(12-25-13-16)14-6-7-21-19(10-14)24(28-27-21)22-11-18-17(23-5-2-8-30-23)3-1-4-20(18)26-22/h1-13,26,29H,(H,27,28). The molecule has 30 heavy (non-hydrogen) atoms. The Morgan fingerprint density at radius 2 is 1.80 bits per heavy atom. The van der Waals surface area contributed by atoms with Crippen molar-refractivity contribution in [1.29, 1.82) is 0 Å². The monoisotopic (exact) mass is 408 g/mol. The highest BCUT2D eigenvalue weighted by molar-refractivity contribution is 7.13. The number of nitrogens with zero attached hydrogens (tertiary/aromatic N) is 2. The van der Waals surface area contributed by atoms with Crippen LogP contribution in [-0.2, 0) is 0 Å². The van der Waals surface area contributed by atoms with Gasteiger partial charge < -0.3 is 10.1 Å². The van der Waals surface area contributed by atoms with Crippen LogP contribution in [0.3, 0.4) is 0 Å². The van der Waals surface area contributed by atoms with E-state index in [1.165, 1.54) is 22.0 Å². The average molecular weight is 408 g/mol. The third-order valence-electron chi connectivity index (χ3n) is 5.33. The third kappa shape index (κ3) is 2.69. The number of hydrogen-bond donors (Lipinski definition) is 3. The first-order chi connectivity index (χ1) is 14.8. The molecule has 5 nitrogen and oxygen atoms in total. The van der Waals surface area contributed by atoms with Crippen LogP contribution in [0.2, 0.25) is 0 Å². The van der Waals surface area contributed by atoms with Gasteiger partial charge in [0.25, 0.3) is 0 Å². The van der Waals surface area contributed by atoms with Gasteiger partial charge >= 0.3 is 0 Å². The highest BCUT2D eigenvalue weighted by atomic mass is 32.1. The lowest BCUT2D eigenvalue weighted by molar-refractivity contribution is 0.473. The van der Waals surface area contributed by atoms with E-state index in [0.717, 1.165) is 38.9 Å². The van der Waals surface area contributed by atoms with Crippen LogP contribution in [0.15, 0.2) is 78.4 Å². The maximum atomic E-state index is 9.78. The highest BCUT2D eigenvalue weighted by Gasteiger charge is 2.14. The van der Waals surface area contributed by atoms with Crippen LogP contribution in [-0.4, -0.2) is 25.3 Å². The van der Waals surface area contributed by atoms with Crippen molar-refractivity contribution in [2.45, 2.75) is 0 Å². The maximum Gasteiger partial charge on any atom is 0.134 e. The Labute approximate surface area is 175 Å². The number of benzene rings is 2. The van der Waals surface area contributed by atoms with E-state index < -0.39 is 0 Å². The zero-order chi connectivity index (χ0) is 20.1. The largest absolute Gasteiger partial charge is 0.506 e. The maximum absolute atomic E-state index is 9.78. The van der Waals surface area contributed by atoms with Gasteiger partial charge in [0.15, 0.2) is 0 Å². The summed E-state index contributed by atoms with van der Waals surface area (Å²) in [6.07, 6.45) is 3.18. The molecule has 6 aromatic rings. The Kier molecular flexibility index (Phi) is 3.72. The van der Waals surface area contributed by atoms with Crippen molar-refractivity contribution in [2.75, 3.05) is 0 Å². The van der Waals surface area contributed by atoms with E-state index in [4.69, 9.17) is 0 Å². The number of thiophene rings is 1. The number of hydrogen-bond acceptors (Lipinski definition) is 4. The molecule has 0 aliphatic heterocycles. The van der Waals surface area contributed by atoms with Crippen LogP contribution in [0.1, 0.15) is 0 Å². The zero-order valence-corrected chi connectivity index (χ0v) is 16.6. The fourth-order valence-electron chi connectivity index (χ4n) is 3.91. The SMILES string of the molecule is Oc1cncc(-c2ccc3[nH]nc(-c4cc5c(-c6cccs6)cccc5[nH]4)c3c2)c1. The van der Waals surface area contributed by atoms with Gasteiger partial charge in [0.05, 0.1) is 17.4 Å². The molecule has 0 aliphatic rings. The second-order valence-electron chi connectivity index (χ2n) is 7.19. The van der Waals surface area contributed by atoms with Crippen molar-refractivity contribution < 1.29 is 5.11 Å². The fourth-order valence-corrected chi connectivity index (χ4v) is 4.68. The van der Waals surface area contributed by atoms with Gasteiger partial charge in [-0.05, 0) is 47.3 Å². The molecule has 0 fully saturated rings. The summed E-state index contributed by atoms with van der Waals surface area (Å²) < 4.78 is 0. The molecule has 0 saturated heterocycles. The normalized spacial score (nSPS) is 11.5. The van der Waals surface area contributed by atoms with Crippen molar-refractivity contribution in [2.24, 2.45) is 0 Å². The minimum Gasteiger partial charge on any atom is -0.506 e. The number of fused-ring (bicyclic) bond motifs is 2. The van der Waals surface area contributed by atoms with E-state index in [0.29, 0.717) is 0 Å². The zero-order valence-electron chi connectivity index (χ0n) is 15.8. The van der Waals surface area contributed by atoms with Gasteiger partial charge in [-0.2, -0.15) is 5.10 Å². The number of aromatic nitrogens is 4. The Bertz CT molecular complexity index is 1510. The van der Waals surface area contributed by atoms with E-state index in [1.54, 1.807) is 23.6 Å². The van der Waals surface area contributed by atoms with Gasteiger partial charge in [0, 0.05) is 38.5 Å². The molecule has 144 valence electrons. The van der Waals surface area contributed by atoms with Crippen LogP contribution < -0.4 is 0 Å².